The van der Waals surface area contributed by atoms with E-state index in [-0.39, 0.29) is 0 Å². The molecule has 1 heterocycles. The van der Waals surface area contributed by atoms with Gasteiger partial charge in [-0.2, -0.15) is 0 Å². The summed E-state index contributed by atoms with van der Waals surface area (Å²) in [4.78, 5) is 0. The zero-order valence-electron chi connectivity index (χ0n) is 4.71. The van der Waals surface area contributed by atoms with E-state index < -0.39 is 0 Å². The Bertz CT molecular complexity index is 70.6. The van der Waals surface area contributed by atoms with E-state index in [0.29, 0.717) is 0 Å². The molecule has 1 aliphatic rings. The number of aliphatic hydroxyl groups is 1. The van der Waals surface area contributed by atoms with E-state index >= 15 is 0 Å². The van der Waals surface area contributed by atoms with Gasteiger partial charge in [-0.05, 0) is 6.08 Å². The molecule has 0 aliphatic carbocycles. The van der Waals surface area contributed by atoms with Crippen LogP contribution in [-0.4, -0.2) is 11.7 Å². The van der Waals surface area contributed by atoms with Gasteiger partial charge in [-0.3, -0.25) is 0 Å². The molecule has 46 valence electrons. The first-order valence-electron chi connectivity index (χ1n) is 2.43. The van der Waals surface area contributed by atoms with Crippen molar-refractivity contribution < 1.29 is 9.84 Å². The summed E-state index contributed by atoms with van der Waals surface area (Å²) in [5.41, 5.74) is 0. The lowest BCUT2D eigenvalue weighted by Gasteiger charge is -1.79. The van der Waals surface area contributed by atoms with Crippen molar-refractivity contribution in [3.8, 4) is 0 Å². The SMILES string of the molecule is C1=COCC1.C=CO. The molecular weight excluding hydrogens is 104 g/mol. The van der Waals surface area contributed by atoms with Crippen molar-refractivity contribution >= 4 is 0 Å². The molecule has 0 bridgehead atoms. The van der Waals surface area contributed by atoms with E-state index in [1.165, 1.54) is 0 Å². The van der Waals surface area contributed by atoms with Crippen molar-refractivity contribution in [2.45, 2.75) is 6.42 Å². The molecule has 0 fully saturated rings. The average Bonchev–Trinajstić information content (AvgIpc) is 2.17. The van der Waals surface area contributed by atoms with Gasteiger partial charge in [0, 0.05) is 6.42 Å². The van der Waals surface area contributed by atoms with Crippen molar-refractivity contribution in [2.24, 2.45) is 0 Å². The molecule has 0 aromatic heterocycles. The van der Waals surface area contributed by atoms with Gasteiger partial charge in [-0.1, -0.05) is 6.58 Å². The van der Waals surface area contributed by atoms with Gasteiger partial charge >= 0.3 is 0 Å². The zero-order chi connectivity index (χ0) is 6.24. The van der Waals surface area contributed by atoms with Crippen molar-refractivity contribution in [3.05, 3.63) is 25.2 Å². The Hall–Kier alpha value is -0.920. The van der Waals surface area contributed by atoms with Gasteiger partial charge in [0.1, 0.15) is 0 Å². The van der Waals surface area contributed by atoms with Crippen LogP contribution in [0.5, 0.6) is 0 Å². The second-order valence-corrected chi connectivity index (χ2v) is 1.21. The van der Waals surface area contributed by atoms with Crippen LogP contribution in [0.25, 0.3) is 0 Å². The number of hydrogen-bond acceptors (Lipinski definition) is 2. The van der Waals surface area contributed by atoms with Crippen LogP contribution in [0.2, 0.25) is 0 Å². The molecule has 1 aliphatic heterocycles. The molecule has 2 heteroatoms. The first kappa shape index (κ1) is 7.08. The largest absolute Gasteiger partial charge is 0.516 e. The van der Waals surface area contributed by atoms with Gasteiger partial charge in [-0.15, -0.1) is 0 Å². The molecule has 0 amide bonds. The van der Waals surface area contributed by atoms with E-state index in [0.717, 1.165) is 19.3 Å². The normalized spacial score (nSPS) is 13.5. The first-order chi connectivity index (χ1) is 3.91. The molecule has 2 nitrogen and oxygen atoms in total. The highest BCUT2D eigenvalue weighted by Gasteiger charge is 1.83. The third kappa shape index (κ3) is 5.08. The molecular formula is C6H10O2. The third-order valence-corrected chi connectivity index (χ3v) is 0.595. The fourth-order valence-corrected chi connectivity index (χ4v) is 0.340. The third-order valence-electron chi connectivity index (χ3n) is 0.595. The summed E-state index contributed by atoms with van der Waals surface area (Å²) in [5.74, 6) is 0. The zero-order valence-corrected chi connectivity index (χ0v) is 4.71. The molecule has 8 heavy (non-hydrogen) atoms. The van der Waals surface area contributed by atoms with E-state index in [4.69, 9.17) is 9.84 Å². The van der Waals surface area contributed by atoms with Crippen LogP contribution in [-0.2, 0) is 4.74 Å². The lowest BCUT2D eigenvalue weighted by atomic mass is 10.5. The Morgan fingerprint density at radius 3 is 2.50 bits per heavy atom. The molecule has 0 aromatic carbocycles. The van der Waals surface area contributed by atoms with Gasteiger partial charge in [0.2, 0.25) is 0 Å². The maximum absolute atomic E-state index is 7.33. The molecule has 0 saturated carbocycles. The van der Waals surface area contributed by atoms with Gasteiger partial charge in [0.05, 0.1) is 19.1 Å². The van der Waals surface area contributed by atoms with Crippen LogP contribution >= 0.6 is 0 Å². The summed E-state index contributed by atoms with van der Waals surface area (Å²) in [6.07, 6.45) is 5.60. The monoisotopic (exact) mass is 114 g/mol. The van der Waals surface area contributed by atoms with Crippen molar-refractivity contribution in [1.29, 1.82) is 0 Å². The van der Waals surface area contributed by atoms with Crippen molar-refractivity contribution in [1.82, 2.24) is 0 Å². The summed E-state index contributed by atoms with van der Waals surface area (Å²) in [6, 6.07) is 0. The minimum Gasteiger partial charge on any atom is -0.516 e. The van der Waals surface area contributed by atoms with Crippen LogP contribution in [0.4, 0.5) is 0 Å². The molecule has 1 rings (SSSR count). The van der Waals surface area contributed by atoms with Crippen LogP contribution < -0.4 is 0 Å². The van der Waals surface area contributed by atoms with Gasteiger partial charge in [0.15, 0.2) is 0 Å². The van der Waals surface area contributed by atoms with Crippen LogP contribution in [0.3, 0.4) is 0 Å². The second kappa shape index (κ2) is 6.08. The Morgan fingerprint density at radius 2 is 2.38 bits per heavy atom. The van der Waals surface area contributed by atoms with Gasteiger partial charge in [-0.25, -0.2) is 0 Å². The highest BCUT2D eigenvalue weighted by Crippen LogP contribution is 1.93. The maximum Gasteiger partial charge on any atom is 0.0908 e. The summed E-state index contributed by atoms with van der Waals surface area (Å²) in [7, 11) is 0. The predicted octanol–water partition coefficient (Wildman–Crippen LogP) is 1.61. The van der Waals surface area contributed by atoms with Gasteiger partial charge < -0.3 is 9.84 Å². The fourth-order valence-electron chi connectivity index (χ4n) is 0.340. The maximum atomic E-state index is 7.33. The molecule has 1 N–H and O–H groups in total. The number of rotatable bonds is 0. The Labute approximate surface area is 49.1 Å². The molecule has 0 radical (unpaired) electrons. The minimum absolute atomic E-state index is 0.750. The van der Waals surface area contributed by atoms with E-state index in [1.54, 1.807) is 6.26 Å². The Balaban J connectivity index is 0.000000145. The van der Waals surface area contributed by atoms with E-state index in [9.17, 15) is 0 Å². The molecule has 0 unspecified atom stereocenters. The second-order valence-electron chi connectivity index (χ2n) is 1.21. The lowest BCUT2D eigenvalue weighted by molar-refractivity contribution is 0.281. The highest BCUT2D eigenvalue weighted by molar-refractivity contribution is 4.78. The van der Waals surface area contributed by atoms with Crippen LogP contribution in [0, 0.1) is 0 Å². The van der Waals surface area contributed by atoms with Crippen LogP contribution in [0.1, 0.15) is 6.42 Å². The first-order valence-corrected chi connectivity index (χ1v) is 2.43. The van der Waals surface area contributed by atoms with Crippen molar-refractivity contribution in [3.63, 3.8) is 0 Å². The summed E-state index contributed by atoms with van der Waals surface area (Å²) in [6.45, 7) is 3.81. The van der Waals surface area contributed by atoms with Crippen LogP contribution in [0.15, 0.2) is 25.2 Å². The Kier molecular flexibility index (Phi) is 5.38. The summed E-state index contributed by atoms with van der Waals surface area (Å²) >= 11 is 0. The minimum atomic E-state index is 0.750. The van der Waals surface area contributed by atoms with Gasteiger partial charge in [0.25, 0.3) is 0 Å². The standard InChI is InChI=1S/C4H6O.C2H4O/c1-2-4-5-3-1;1-2-3/h1,3H,2,4H2;2-3H,1H2. The average molecular weight is 114 g/mol. The highest BCUT2D eigenvalue weighted by atomic mass is 16.5. The fraction of sp³-hybridized carbons (Fsp3) is 0.333. The summed E-state index contributed by atoms with van der Waals surface area (Å²) < 4.78 is 4.76. The molecule has 0 saturated heterocycles. The van der Waals surface area contributed by atoms with Crippen molar-refractivity contribution in [2.75, 3.05) is 6.61 Å². The number of ether oxygens (including phenoxy) is 1. The predicted molar refractivity (Wildman–Crippen MR) is 32.5 cm³/mol. The molecule has 0 aromatic rings. The molecule has 0 atom stereocenters. The quantitative estimate of drug-likeness (QED) is 0.485. The smallest absolute Gasteiger partial charge is 0.0908 e. The topological polar surface area (TPSA) is 29.5 Å². The molecule has 0 spiro atoms. The number of aliphatic hydroxyl groups excluding tert-OH is 1. The Morgan fingerprint density at radius 1 is 1.75 bits per heavy atom. The lowest BCUT2D eigenvalue weighted by Crippen LogP contribution is -1.70. The van der Waals surface area contributed by atoms with E-state index in [1.807, 2.05) is 6.08 Å². The van der Waals surface area contributed by atoms with E-state index in [2.05, 4.69) is 6.58 Å². The summed E-state index contributed by atoms with van der Waals surface area (Å²) in [5, 5.41) is 7.33. The number of hydrogen-bond donors (Lipinski definition) is 1.